The van der Waals surface area contributed by atoms with E-state index in [4.69, 9.17) is 5.11 Å². The van der Waals surface area contributed by atoms with Gasteiger partial charge in [-0.15, -0.1) is 0 Å². The van der Waals surface area contributed by atoms with Crippen LogP contribution in [-0.2, 0) is 16.0 Å². The van der Waals surface area contributed by atoms with Gasteiger partial charge in [-0.3, -0.25) is 19.7 Å². The van der Waals surface area contributed by atoms with Crippen LogP contribution in [0.5, 0.6) is 0 Å². The Balaban J connectivity index is 1.93. The number of unbranched alkanes of at least 4 members (excludes halogenated alkanes) is 3. The Labute approximate surface area is 180 Å². The first-order valence-electron chi connectivity index (χ1n) is 10.6. The van der Waals surface area contributed by atoms with E-state index in [0.717, 1.165) is 38.2 Å². The van der Waals surface area contributed by atoms with Crippen LogP contribution in [0.15, 0.2) is 30.4 Å². The Morgan fingerprint density at radius 1 is 1.32 bits per heavy atom. The number of aliphatic hydroxyl groups is 1. The lowest BCUT2D eigenvalue weighted by molar-refractivity contribution is -0.385. The van der Waals surface area contributed by atoms with Gasteiger partial charge in [0.2, 0.25) is 5.91 Å². The van der Waals surface area contributed by atoms with Crippen LogP contribution in [0.4, 0.5) is 10.1 Å². The van der Waals surface area contributed by atoms with Crippen LogP contribution in [0.2, 0.25) is 0 Å². The molecule has 0 aromatic heterocycles. The molecule has 9 heteroatoms. The Hall–Kier alpha value is -2.81. The highest BCUT2D eigenvalue weighted by molar-refractivity contribution is 5.77. The maximum absolute atomic E-state index is 14.0. The van der Waals surface area contributed by atoms with Crippen LogP contribution < -0.4 is 0 Å². The van der Waals surface area contributed by atoms with Crippen molar-refractivity contribution in [3.8, 4) is 0 Å². The fourth-order valence-corrected chi connectivity index (χ4v) is 3.80. The van der Waals surface area contributed by atoms with Gasteiger partial charge in [-0.05, 0) is 31.7 Å². The molecule has 0 saturated carbocycles. The van der Waals surface area contributed by atoms with Crippen molar-refractivity contribution in [2.75, 3.05) is 6.54 Å². The molecular weight excluding hydrogens is 407 g/mol. The van der Waals surface area contributed by atoms with Gasteiger partial charge in [-0.25, -0.2) is 4.39 Å². The van der Waals surface area contributed by atoms with Gasteiger partial charge >= 0.3 is 5.97 Å². The lowest BCUT2D eigenvalue weighted by atomic mass is 9.98. The minimum Gasteiger partial charge on any atom is -0.481 e. The number of nitro benzene ring substituents is 1. The Morgan fingerprint density at radius 3 is 2.77 bits per heavy atom. The molecule has 1 aromatic carbocycles. The maximum Gasteiger partial charge on any atom is 0.303 e. The van der Waals surface area contributed by atoms with Crippen molar-refractivity contribution in [1.82, 2.24) is 4.90 Å². The van der Waals surface area contributed by atoms with Crippen LogP contribution in [-0.4, -0.2) is 50.6 Å². The van der Waals surface area contributed by atoms with Gasteiger partial charge in [-0.1, -0.05) is 31.1 Å². The van der Waals surface area contributed by atoms with E-state index in [1.807, 2.05) is 0 Å². The number of amides is 1. The van der Waals surface area contributed by atoms with Gasteiger partial charge in [0.15, 0.2) is 0 Å². The normalized spacial score (nSPS) is 17.8. The molecule has 0 spiro atoms. The number of hydrogen-bond acceptors (Lipinski definition) is 5. The van der Waals surface area contributed by atoms with E-state index < -0.39 is 22.8 Å². The van der Waals surface area contributed by atoms with Gasteiger partial charge in [0.25, 0.3) is 5.69 Å². The van der Waals surface area contributed by atoms with Gasteiger partial charge in [-0.2, -0.15) is 0 Å². The molecule has 1 heterocycles. The summed E-state index contributed by atoms with van der Waals surface area (Å²) in [5, 5.41) is 30.1. The number of carboxylic acids is 1. The second-order valence-electron chi connectivity index (χ2n) is 7.76. The quantitative estimate of drug-likeness (QED) is 0.223. The van der Waals surface area contributed by atoms with Crippen molar-refractivity contribution < 1.29 is 29.1 Å². The molecule has 8 nitrogen and oxygen atoms in total. The van der Waals surface area contributed by atoms with E-state index in [9.17, 15) is 29.2 Å². The van der Waals surface area contributed by atoms with E-state index in [2.05, 4.69) is 0 Å². The fourth-order valence-electron chi connectivity index (χ4n) is 3.80. The van der Waals surface area contributed by atoms with E-state index >= 15 is 0 Å². The average molecular weight is 436 g/mol. The summed E-state index contributed by atoms with van der Waals surface area (Å²) in [6.45, 7) is 0.551. The van der Waals surface area contributed by atoms with Crippen molar-refractivity contribution in [2.45, 2.75) is 69.9 Å². The number of aliphatic carboxylic acids is 1. The highest BCUT2D eigenvalue weighted by Gasteiger charge is 2.26. The number of carboxylic acid groups (broad SMARTS) is 1. The fraction of sp³-hybridized carbons (Fsp3) is 0.545. The van der Waals surface area contributed by atoms with E-state index in [1.54, 1.807) is 11.0 Å². The zero-order chi connectivity index (χ0) is 22.8. The molecule has 170 valence electrons. The van der Waals surface area contributed by atoms with Crippen LogP contribution >= 0.6 is 0 Å². The number of carbonyl (C=O) groups excluding carboxylic acids is 1. The molecule has 0 aliphatic carbocycles. The Kier molecular flexibility index (Phi) is 9.58. The number of aliphatic hydroxyl groups excluding tert-OH is 1. The van der Waals surface area contributed by atoms with Crippen molar-refractivity contribution >= 4 is 17.6 Å². The van der Waals surface area contributed by atoms with Gasteiger partial charge in [0.05, 0.1) is 22.6 Å². The Morgan fingerprint density at radius 2 is 2.06 bits per heavy atom. The summed E-state index contributed by atoms with van der Waals surface area (Å²) in [6.07, 6.45) is 6.92. The van der Waals surface area contributed by atoms with Crippen LogP contribution in [0.1, 0.15) is 56.9 Å². The molecule has 1 aliphatic heterocycles. The summed E-state index contributed by atoms with van der Waals surface area (Å²) in [4.78, 5) is 35.1. The number of piperidine rings is 1. The Bertz CT molecular complexity index is 813. The molecule has 2 N–H and O–H groups in total. The van der Waals surface area contributed by atoms with E-state index in [0.29, 0.717) is 19.4 Å². The van der Waals surface area contributed by atoms with Gasteiger partial charge in [0.1, 0.15) is 5.82 Å². The minimum absolute atomic E-state index is 0.0330. The lowest BCUT2D eigenvalue weighted by Crippen LogP contribution is -2.43. The minimum atomic E-state index is -1.12. The molecule has 0 radical (unpaired) electrons. The molecule has 0 bridgehead atoms. The number of nitrogens with zero attached hydrogens (tertiary/aromatic N) is 2. The maximum atomic E-state index is 14.0. The smallest absolute Gasteiger partial charge is 0.303 e. The molecule has 1 fully saturated rings. The summed E-state index contributed by atoms with van der Waals surface area (Å²) in [5.41, 5.74) is -0.521. The van der Waals surface area contributed by atoms with E-state index in [-0.39, 0.29) is 36.0 Å². The third-order valence-electron chi connectivity index (χ3n) is 5.41. The number of carbonyl (C=O) groups is 2. The van der Waals surface area contributed by atoms with Crippen molar-refractivity contribution in [1.29, 1.82) is 0 Å². The highest BCUT2D eigenvalue weighted by atomic mass is 19.1. The molecule has 31 heavy (non-hydrogen) atoms. The lowest BCUT2D eigenvalue weighted by Gasteiger charge is -2.34. The van der Waals surface area contributed by atoms with Crippen LogP contribution in [0.25, 0.3) is 0 Å². The SMILES string of the molecule is O=C(O)CCCCCCN1C(=O)CCC[C@@H]1C=CC(O)Cc1c(F)cccc1[N+](=O)[O-]. The monoisotopic (exact) mass is 436 g/mol. The predicted octanol–water partition coefficient (Wildman–Crippen LogP) is 3.61. The zero-order valence-electron chi connectivity index (χ0n) is 17.4. The van der Waals surface area contributed by atoms with Crippen LogP contribution in [0, 0.1) is 15.9 Å². The van der Waals surface area contributed by atoms with Crippen LogP contribution in [0.3, 0.4) is 0 Å². The van der Waals surface area contributed by atoms with Gasteiger partial charge < -0.3 is 15.1 Å². The summed E-state index contributed by atoms with van der Waals surface area (Å²) in [7, 11) is 0. The molecule has 1 saturated heterocycles. The number of halogens is 1. The molecule has 1 aromatic rings. The number of nitro groups is 1. The largest absolute Gasteiger partial charge is 0.481 e. The van der Waals surface area contributed by atoms with Crippen molar-refractivity contribution in [3.05, 3.63) is 51.8 Å². The second kappa shape index (κ2) is 12.1. The van der Waals surface area contributed by atoms with Gasteiger partial charge in [0, 0.05) is 31.9 Å². The molecule has 2 atom stereocenters. The third kappa shape index (κ3) is 7.75. The summed E-state index contributed by atoms with van der Waals surface area (Å²) < 4.78 is 14.0. The standard InChI is InChI=1S/C22H29FN2O6/c23-19-8-6-9-20(25(30)31)18(19)15-17(26)13-12-16-7-5-10-21(27)24(16)14-4-2-1-3-11-22(28)29/h6,8-9,12-13,16-17,26H,1-5,7,10-11,14-15H2,(H,28,29)/t16-,17?/m1/s1. The average Bonchev–Trinajstić information content (AvgIpc) is 2.71. The summed E-state index contributed by atoms with van der Waals surface area (Å²) >= 11 is 0. The summed E-state index contributed by atoms with van der Waals surface area (Å²) in [6, 6.07) is 3.39. The number of likely N-dealkylation sites (tertiary alicyclic amines) is 1. The molecule has 1 unspecified atom stereocenters. The van der Waals surface area contributed by atoms with Crippen molar-refractivity contribution in [2.24, 2.45) is 0 Å². The first-order valence-corrected chi connectivity index (χ1v) is 10.6. The first-order chi connectivity index (χ1) is 14.8. The molecule has 1 aliphatic rings. The zero-order valence-corrected chi connectivity index (χ0v) is 17.4. The molecule has 1 amide bonds. The number of rotatable bonds is 12. The second-order valence-corrected chi connectivity index (χ2v) is 7.76. The predicted molar refractivity (Wildman–Crippen MR) is 112 cm³/mol. The molecule has 2 rings (SSSR count). The van der Waals surface area contributed by atoms with E-state index in [1.165, 1.54) is 18.2 Å². The topological polar surface area (TPSA) is 121 Å². The third-order valence-corrected chi connectivity index (χ3v) is 5.41. The first kappa shape index (κ1) is 24.5. The molecular formula is C22H29FN2O6. The number of benzene rings is 1. The van der Waals surface area contributed by atoms with Crippen molar-refractivity contribution in [3.63, 3.8) is 0 Å². The number of hydrogen-bond donors (Lipinski definition) is 2. The summed E-state index contributed by atoms with van der Waals surface area (Å²) in [5.74, 6) is -1.51. The highest BCUT2D eigenvalue weighted by Crippen LogP contribution is 2.24.